The lowest BCUT2D eigenvalue weighted by Gasteiger charge is -2.15. The van der Waals surface area contributed by atoms with Crippen LogP contribution in [0.15, 0.2) is 71.3 Å². The van der Waals surface area contributed by atoms with Crippen LogP contribution in [0, 0.1) is 6.92 Å². The van der Waals surface area contributed by atoms with Crippen LogP contribution in [0.1, 0.15) is 21.7 Å². The molecule has 6 heteroatoms. The van der Waals surface area contributed by atoms with E-state index >= 15 is 0 Å². The quantitative estimate of drug-likeness (QED) is 0.504. The molecule has 142 valence electrons. The number of aryl methyl sites for hydroxylation is 1. The minimum atomic E-state index is -1.31. The van der Waals surface area contributed by atoms with E-state index in [2.05, 4.69) is 0 Å². The highest BCUT2D eigenvalue weighted by Gasteiger charge is 2.30. The van der Waals surface area contributed by atoms with Gasteiger partial charge in [-0.2, -0.15) is 0 Å². The number of carbonyl (C=O) groups is 3. The van der Waals surface area contributed by atoms with Gasteiger partial charge in [-0.25, -0.2) is 4.79 Å². The summed E-state index contributed by atoms with van der Waals surface area (Å²) in [6.07, 6.45) is 0.0198. The molecular formula is C22H19NO5. The smallest absolute Gasteiger partial charge is 0.342 e. The Morgan fingerprint density at radius 1 is 1.00 bits per heavy atom. The van der Waals surface area contributed by atoms with Crippen molar-refractivity contribution in [3.05, 3.63) is 83.8 Å². The second kappa shape index (κ2) is 8.35. The Kier molecular flexibility index (Phi) is 5.69. The summed E-state index contributed by atoms with van der Waals surface area (Å²) in [5.74, 6) is -2.33. The van der Waals surface area contributed by atoms with Gasteiger partial charge in [0.25, 0.3) is 11.7 Å². The number of carbonyl (C=O) groups excluding carboxylic acids is 3. The average Bonchev–Trinajstić information content (AvgIpc) is 3.09. The summed E-state index contributed by atoms with van der Waals surface area (Å²) in [7, 11) is 0. The van der Waals surface area contributed by atoms with Crippen molar-refractivity contribution in [2.45, 2.75) is 19.4 Å². The third-order valence-corrected chi connectivity index (χ3v) is 4.31. The van der Waals surface area contributed by atoms with E-state index in [1.807, 2.05) is 36.4 Å². The van der Waals surface area contributed by atoms with Gasteiger partial charge in [0.1, 0.15) is 17.6 Å². The summed E-state index contributed by atoms with van der Waals surface area (Å²) in [5.41, 5.74) is 7.41. The standard InChI is InChI=1S/C22H19NO5/c1-14-19(16-10-6-3-7-11-16)17(13-27-14)22(26)28-18(20(24)21(23)25)12-15-8-4-2-5-9-15/h2-11,13,18H,12H2,1H3,(H2,23,25). The van der Waals surface area contributed by atoms with Gasteiger partial charge < -0.3 is 14.9 Å². The number of primary amides is 1. The molecule has 0 bridgehead atoms. The predicted molar refractivity (Wildman–Crippen MR) is 102 cm³/mol. The van der Waals surface area contributed by atoms with Crippen molar-refractivity contribution >= 4 is 17.7 Å². The van der Waals surface area contributed by atoms with Gasteiger partial charge in [0.05, 0.1) is 0 Å². The molecule has 0 spiro atoms. The van der Waals surface area contributed by atoms with Crippen molar-refractivity contribution in [2.24, 2.45) is 5.73 Å². The Morgan fingerprint density at radius 2 is 1.61 bits per heavy atom. The number of hydrogen-bond donors (Lipinski definition) is 1. The van der Waals surface area contributed by atoms with E-state index in [1.54, 1.807) is 31.2 Å². The first-order valence-electron chi connectivity index (χ1n) is 8.69. The molecular weight excluding hydrogens is 358 g/mol. The summed E-state index contributed by atoms with van der Waals surface area (Å²) in [5, 5.41) is 0. The monoisotopic (exact) mass is 377 g/mol. The molecule has 1 atom stereocenters. The van der Waals surface area contributed by atoms with Gasteiger partial charge in [-0.05, 0) is 18.1 Å². The maximum absolute atomic E-state index is 12.8. The van der Waals surface area contributed by atoms with Gasteiger partial charge >= 0.3 is 5.97 Å². The molecule has 6 nitrogen and oxygen atoms in total. The number of esters is 1. The molecule has 2 N–H and O–H groups in total. The molecule has 0 aliphatic rings. The Bertz CT molecular complexity index is 992. The van der Waals surface area contributed by atoms with Crippen LogP contribution in [-0.2, 0) is 20.7 Å². The van der Waals surface area contributed by atoms with Crippen molar-refractivity contribution in [1.29, 1.82) is 0 Å². The molecule has 3 rings (SSSR count). The Balaban J connectivity index is 1.89. The van der Waals surface area contributed by atoms with Gasteiger partial charge in [0, 0.05) is 12.0 Å². The summed E-state index contributed by atoms with van der Waals surface area (Å²) < 4.78 is 10.8. The SMILES string of the molecule is Cc1occ(C(=O)OC(Cc2ccccc2)C(=O)C(N)=O)c1-c1ccccc1. The molecule has 1 unspecified atom stereocenters. The van der Waals surface area contributed by atoms with Crippen molar-refractivity contribution in [3.8, 4) is 11.1 Å². The number of furan rings is 1. The fourth-order valence-corrected chi connectivity index (χ4v) is 2.94. The molecule has 0 saturated heterocycles. The number of nitrogens with two attached hydrogens (primary N) is 1. The van der Waals surface area contributed by atoms with E-state index in [0.717, 1.165) is 11.1 Å². The van der Waals surface area contributed by atoms with Crippen molar-refractivity contribution in [3.63, 3.8) is 0 Å². The first kappa shape index (κ1) is 19.1. The summed E-state index contributed by atoms with van der Waals surface area (Å²) >= 11 is 0. The zero-order valence-electron chi connectivity index (χ0n) is 15.3. The highest BCUT2D eigenvalue weighted by molar-refractivity contribution is 6.37. The number of rotatable bonds is 7. The molecule has 28 heavy (non-hydrogen) atoms. The van der Waals surface area contributed by atoms with Crippen molar-refractivity contribution in [1.82, 2.24) is 0 Å². The lowest BCUT2D eigenvalue weighted by atomic mass is 10.0. The molecule has 0 radical (unpaired) electrons. The van der Waals surface area contributed by atoms with Gasteiger partial charge in [0.2, 0.25) is 0 Å². The number of hydrogen-bond acceptors (Lipinski definition) is 5. The van der Waals surface area contributed by atoms with Crippen LogP contribution in [0.5, 0.6) is 0 Å². The van der Waals surface area contributed by atoms with Crippen LogP contribution in [0.4, 0.5) is 0 Å². The van der Waals surface area contributed by atoms with E-state index in [4.69, 9.17) is 14.9 Å². The van der Waals surface area contributed by atoms with Crippen LogP contribution < -0.4 is 5.73 Å². The predicted octanol–water partition coefficient (Wildman–Crippen LogP) is 3.08. The van der Waals surface area contributed by atoms with Crippen LogP contribution in [0.3, 0.4) is 0 Å². The van der Waals surface area contributed by atoms with Crippen LogP contribution in [0.25, 0.3) is 11.1 Å². The van der Waals surface area contributed by atoms with E-state index < -0.39 is 23.8 Å². The van der Waals surface area contributed by atoms with Gasteiger partial charge in [-0.3, -0.25) is 9.59 Å². The third kappa shape index (κ3) is 4.17. The molecule has 0 fully saturated rings. The Labute approximate surface area is 161 Å². The largest absolute Gasteiger partial charge is 0.468 e. The first-order chi connectivity index (χ1) is 13.5. The number of ketones is 1. The van der Waals surface area contributed by atoms with E-state index in [1.165, 1.54) is 6.26 Å². The van der Waals surface area contributed by atoms with Crippen molar-refractivity contribution < 1.29 is 23.5 Å². The first-order valence-corrected chi connectivity index (χ1v) is 8.69. The van der Waals surface area contributed by atoms with E-state index in [-0.39, 0.29) is 12.0 Å². The zero-order chi connectivity index (χ0) is 20.1. The minimum absolute atomic E-state index is 0.0475. The fraction of sp³-hybridized carbons (Fsp3) is 0.136. The van der Waals surface area contributed by atoms with Gasteiger partial charge in [0.15, 0.2) is 6.10 Å². The second-order valence-corrected chi connectivity index (χ2v) is 6.26. The van der Waals surface area contributed by atoms with E-state index in [0.29, 0.717) is 11.3 Å². The van der Waals surface area contributed by atoms with Crippen molar-refractivity contribution in [2.75, 3.05) is 0 Å². The zero-order valence-corrected chi connectivity index (χ0v) is 15.3. The highest BCUT2D eigenvalue weighted by atomic mass is 16.5. The molecule has 3 aromatic rings. The Hall–Kier alpha value is -3.67. The average molecular weight is 377 g/mol. The minimum Gasteiger partial charge on any atom is -0.468 e. The van der Waals surface area contributed by atoms with Crippen LogP contribution >= 0.6 is 0 Å². The molecule has 1 aromatic heterocycles. The van der Waals surface area contributed by atoms with Crippen LogP contribution in [0.2, 0.25) is 0 Å². The topological polar surface area (TPSA) is 99.6 Å². The maximum Gasteiger partial charge on any atom is 0.342 e. The lowest BCUT2D eigenvalue weighted by molar-refractivity contribution is -0.141. The number of benzene rings is 2. The third-order valence-electron chi connectivity index (χ3n) is 4.31. The lowest BCUT2D eigenvalue weighted by Crippen LogP contribution is -2.38. The van der Waals surface area contributed by atoms with Gasteiger partial charge in [-0.15, -0.1) is 0 Å². The molecule has 0 aliphatic heterocycles. The summed E-state index contributed by atoms with van der Waals surface area (Å²) in [6.45, 7) is 1.73. The highest BCUT2D eigenvalue weighted by Crippen LogP contribution is 2.30. The molecule has 1 amide bonds. The van der Waals surface area contributed by atoms with E-state index in [9.17, 15) is 14.4 Å². The molecule has 0 aliphatic carbocycles. The number of Topliss-reactive ketones (excluding diaryl/α,β-unsaturated/α-hetero) is 1. The summed E-state index contributed by atoms with van der Waals surface area (Å²) in [4.78, 5) is 36.4. The fourth-order valence-electron chi connectivity index (χ4n) is 2.94. The molecule has 1 heterocycles. The molecule has 0 saturated carbocycles. The summed E-state index contributed by atoms with van der Waals surface area (Å²) in [6, 6.07) is 18.1. The number of amides is 1. The molecule has 2 aromatic carbocycles. The van der Waals surface area contributed by atoms with Crippen LogP contribution in [-0.4, -0.2) is 23.8 Å². The Morgan fingerprint density at radius 3 is 2.21 bits per heavy atom. The van der Waals surface area contributed by atoms with Gasteiger partial charge in [-0.1, -0.05) is 60.7 Å². The second-order valence-electron chi connectivity index (χ2n) is 6.26. The number of ether oxygens (including phenoxy) is 1. The maximum atomic E-state index is 12.8. The normalized spacial score (nSPS) is 11.6.